The summed E-state index contributed by atoms with van der Waals surface area (Å²) in [5.41, 5.74) is 4.94. The molecule has 0 aliphatic carbocycles. The molecule has 220 valence electrons. The molecular formula is C36H31N3O3S2. The number of thioether (sulfide) groups is 1. The lowest BCUT2D eigenvalue weighted by molar-refractivity contribution is -0.116. The molecule has 8 heteroatoms. The SMILES string of the molecule is Cc1cc(C)cc(NC(=O)C(Sc2ccc(NC(=O)/C(=C/c3cccs3)NC(=O)c3ccccc3)cc2)c2ccccc2)c1. The molecular weight excluding hydrogens is 587 g/mol. The quantitative estimate of drug-likeness (QED) is 0.109. The van der Waals surface area contributed by atoms with E-state index < -0.39 is 11.2 Å². The highest BCUT2D eigenvalue weighted by Gasteiger charge is 2.23. The number of nitrogens with one attached hydrogen (secondary N) is 3. The van der Waals surface area contributed by atoms with Gasteiger partial charge in [-0.3, -0.25) is 14.4 Å². The minimum absolute atomic E-state index is 0.124. The minimum Gasteiger partial charge on any atom is -0.325 e. The van der Waals surface area contributed by atoms with Crippen LogP contribution >= 0.6 is 23.1 Å². The van der Waals surface area contributed by atoms with Crippen molar-refractivity contribution in [2.75, 3.05) is 10.6 Å². The fourth-order valence-electron chi connectivity index (χ4n) is 4.56. The van der Waals surface area contributed by atoms with Crippen molar-refractivity contribution in [3.05, 3.63) is 153 Å². The number of thiophene rings is 1. The van der Waals surface area contributed by atoms with E-state index in [1.807, 2.05) is 92.0 Å². The molecule has 3 N–H and O–H groups in total. The van der Waals surface area contributed by atoms with Gasteiger partial charge in [-0.15, -0.1) is 23.1 Å². The fourth-order valence-corrected chi connectivity index (χ4v) is 6.25. The first-order valence-corrected chi connectivity index (χ1v) is 15.7. The Bertz CT molecular complexity index is 1750. The number of hydrogen-bond donors (Lipinski definition) is 3. The fraction of sp³-hybridized carbons (Fsp3) is 0.0833. The maximum absolute atomic E-state index is 13.5. The molecule has 0 aliphatic heterocycles. The van der Waals surface area contributed by atoms with Crippen LogP contribution in [-0.4, -0.2) is 17.7 Å². The summed E-state index contributed by atoms with van der Waals surface area (Å²) in [4.78, 5) is 41.4. The van der Waals surface area contributed by atoms with E-state index in [0.717, 1.165) is 32.2 Å². The van der Waals surface area contributed by atoms with Crippen molar-refractivity contribution in [1.29, 1.82) is 0 Å². The van der Waals surface area contributed by atoms with Crippen molar-refractivity contribution in [3.8, 4) is 0 Å². The van der Waals surface area contributed by atoms with Crippen LogP contribution in [0.15, 0.2) is 131 Å². The van der Waals surface area contributed by atoms with Gasteiger partial charge in [0.05, 0.1) is 0 Å². The lowest BCUT2D eigenvalue weighted by Gasteiger charge is -2.18. The van der Waals surface area contributed by atoms with Crippen molar-refractivity contribution in [3.63, 3.8) is 0 Å². The van der Waals surface area contributed by atoms with Crippen LogP contribution in [0.5, 0.6) is 0 Å². The maximum atomic E-state index is 13.5. The highest BCUT2D eigenvalue weighted by Crippen LogP contribution is 2.37. The van der Waals surface area contributed by atoms with Crippen molar-refractivity contribution >= 4 is 58.3 Å². The largest absolute Gasteiger partial charge is 0.325 e. The second-order valence-electron chi connectivity index (χ2n) is 10.1. The van der Waals surface area contributed by atoms with Crippen LogP contribution in [0, 0.1) is 13.8 Å². The first-order chi connectivity index (χ1) is 21.3. The second-order valence-corrected chi connectivity index (χ2v) is 12.3. The van der Waals surface area contributed by atoms with Gasteiger partial charge in [0.1, 0.15) is 10.9 Å². The van der Waals surface area contributed by atoms with E-state index >= 15 is 0 Å². The summed E-state index contributed by atoms with van der Waals surface area (Å²) in [6.45, 7) is 4.01. The molecule has 5 aromatic rings. The predicted molar refractivity (Wildman–Crippen MR) is 181 cm³/mol. The number of benzene rings is 4. The van der Waals surface area contributed by atoms with E-state index in [0.29, 0.717) is 11.3 Å². The van der Waals surface area contributed by atoms with Gasteiger partial charge < -0.3 is 16.0 Å². The monoisotopic (exact) mass is 617 g/mol. The number of carbonyl (C=O) groups excluding carboxylic acids is 3. The van der Waals surface area contributed by atoms with E-state index in [1.54, 1.807) is 42.5 Å². The summed E-state index contributed by atoms with van der Waals surface area (Å²) in [6.07, 6.45) is 1.66. The van der Waals surface area contributed by atoms with Crippen LogP contribution < -0.4 is 16.0 Å². The first kappa shape index (κ1) is 30.5. The molecule has 0 radical (unpaired) electrons. The molecule has 0 aliphatic rings. The summed E-state index contributed by atoms with van der Waals surface area (Å²) in [7, 11) is 0. The van der Waals surface area contributed by atoms with Crippen molar-refractivity contribution in [2.45, 2.75) is 24.0 Å². The molecule has 0 fully saturated rings. The minimum atomic E-state index is -0.494. The van der Waals surface area contributed by atoms with Gasteiger partial charge in [-0.05, 0) is 96.6 Å². The van der Waals surface area contributed by atoms with E-state index in [2.05, 4.69) is 22.0 Å². The molecule has 0 spiro atoms. The van der Waals surface area contributed by atoms with Crippen LogP contribution in [0.4, 0.5) is 11.4 Å². The molecule has 44 heavy (non-hydrogen) atoms. The van der Waals surface area contributed by atoms with Gasteiger partial charge in [0.2, 0.25) is 5.91 Å². The van der Waals surface area contributed by atoms with Crippen LogP contribution in [0.2, 0.25) is 0 Å². The molecule has 1 heterocycles. The number of aryl methyl sites for hydroxylation is 2. The van der Waals surface area contributed by atoms with Crippen LogP contribution in [-0.2, 0) is 9.59 Å². The summed E-state index contributed by atoms with van der Waals surface area (Å²) in [5, 5.41) is 10.1. The predicted octanol–water partition coefficient (Wildman–Crippen LogP) is 8.25. The Hall–Kier alpha value is -4.92. The van der Waals surface area contributed by atoms with E-state index in [-0.39, 0.29) is 17.5 Å². The summed E-state index contributed by atoms with van der Waals surface area (Å²) in [6, 6.07) is 35.4. The summed E-state index contributed by atoms with van der Waals surface area (Å²) in [5.74, 6) is -0.944. The lowest BCUT2D eigenvalue weighted by atomic mass is 10.1. The maximum Gasteiger partial charge on any atom is 0.272 e. The molecule has 4 aromatic carbocycles. The Kier molecular flexibility index (Phi) is 10.1. The highest BCUT2D eigenvalue weighted by molar-refractivity contribution is 8.00. The Morgan fingerprint density at radius 2 is 1.39 bits per heavy atom. The number of rotatable bonds is 10. The topological polar surface area (TPSA) is 87.3 Å². The molecule has 5 rings (SSSR count). The van der Waals surface area contributed by atoms with E-state index in [1.165, 1.54) is 23.1 Å². The van der Waals surface area contributed by atoms with Crippen molar-refractivity contribution in [2.24, 2.45) is 0 Å². The lowest BCUT2D eigenvalue weighted by Crippen LogP contribution is -2.30. The molecule has 0 bridgehead atoms. The average molecular weight is 618 g/mol. The number of amides is 3. The third-order valence-electron chi connectivity index (χ3n) is 6.55. The number of hydrogen-bond acceptors (Lipinski definition) is 5. The van der Waals surface area contributed by atoms with Gasteiger partial charge in [0, 0.05) is 26.7 Å². The van der Waals surface area contributed by atoms with Crippen LogP contribution in [0.1, 0.15) is 37.2 Å². The standard InChI is InChI=1S/C36H31N3O3S2/c1-24-20-25(2)22-29(21-24)38-36(42)33(26-10-5-3-6-11-26)44-30-17-15-28(16-18-30)37-35(41)32(23-31-14-9-19-43-31)39-34(40)27-12-7-4-8-13-27/h3-23,33H,1-2H3,(H,37,41)(H,38,42)(H,39,40)/b32-23-. The second kappa shape index (κ2) is 14.5. The first-order valence-electron chi connectivity index (χ1n) is 14.0. The molecule has 1 unspecified atom stereocenters. The average Bonchev–Trinajstić information content (AvgIpc) is 3.54. The third kappa shape index (κ3) is 8.34. The zero-order valence-corrected chi connectivity index (χ0v) is 25.9. The molecule has 1 aromatic heterocycles. The smallest absolute Gasteiger partial charge is 0.272 e. The molecule has 3 amide bonds. The Balaban J connectivity index is 1.31. The van der Waals surface area contributed by atoms with Crippen LogP contribution in [0.25, 0.3) is 6.08 Å². The third-order valence-corrected chi connectivity index (χ3v) is 8.64. The van der Waals surface area contributed by atoms with Crippen molar-refractivity contribution < 1.29 is 14.4 Å². The number of anilines is 2. The zero-order chi connectivity index (χ0) is 30.9. The van der Waals surface area contributed by atoms with Gasteiger partial charge in [-0.25, -0.2) is 0 Å². The van der Waals surface area contributed by atoms with Gasteiger partial charge in [-0.2, -0.15) is 0 Å². The van der Waals surface area contributed by atoms with Gasteiger partial charge in [0.15, 0.2) is 0 Å². The van der Waals surface area contributed by atoms with Gasteiger partial charge in [-0.1, -0.05) is 60.7 Å². The molecule has 0 saturated carbocycles. The van der Waals surface area contributed by atoms with E-state index in [4.69, 9.17) is 0 Å². The Labute approximate surface area is 265 Å². The normalized spacial score (nSPS) is 11.8. The highest BCUT2D eigenvalue weighted by atomic mass is 32.2. The van der Waals surface area contributed by atoms with Gasteiger partial charge in [0.25, 0.3) is 11.8 Å². The molecule has 0 saturated heterocycles. The van der Waals surface area contributed by atoms with Crippen LogP contribution in [0.3, 0.4) is 0 Å². The Morgan fingerprint density at radius 1 is 0.727 bits per heavy atom. The zero-order valence-electron chi connectivity index (χ0n) is 24.2. The molecule has 1 atom stereocenters. The van der Waals surface area contributed by atoms with Gasteiger partial charge >= 0.3 is 0 Å². The Morgan fingerprint density at radius 3 is 2.02 bits per heavy atom. The summed E-state index contributed by atoms with van der Waals surface area (Å²) < 4.78 is 0. The number of carbonyl (C=O) groups is 3. The van der Waals surface area contributed by atoms with E-state index in [9.17, 15) is 14.4 Å². The molecule has 6 nitrogen and oxygen atoms in total. The van der Waals surface area contributed by atoms with Crippen molar-refractivity contribution in [1.82, 2.24) is 5.32 Å². The summed E-state index contributed by atoms with van der Waals surface area (Å²) >= 11 is 2.89.